The van der Waals surface area contributed by atoms with Gasteiger partial charge in [-0.25, -0.2) is 0 Å². The molecule has 0 spiro atoms. The Labute approximate surface area is 115 Å². The van der Waals surface area contributed by atoms with Gasteiger partial charge in [-0.1, -0.05) is 0 Å². The van der Waals surface area contributed by atoms with Crippen LogP contribution in [0.4, 0.5) is 5.82 Å². The molecule has 2 heterocycles. The van der Waals surface area contributed by atoms with Crippen molar-refractivity contribution in [2.24, 2.45) is 0 Å². The zero-order chi connectivity index (χ0) is 14.0. The molecule has 1 atom stereocenters. The van der Waals surface area contributed by atoms with Crippen molar-refractivity contribution in [3.8, 4) is 0 Å². The summed E-state index contributed by atoms with van der Waals surface area (Å²) in [6, 6.07) is -0.408. The van der Waals surface area contributed by atoms with Crippen molar-refractivity contribution in [1.29, 1.82) is 0 Å². The molecule has 0 aliphatic rings. The Morgan fingerprint density at radius 2 is 2.32 bits per heavy atom. The van der Waals surface area contributed by atoms with Gasteiger partial charge < -0.3 is 10.2 Å². The van der Waals surface area contributed by atoms with Gasteiger partial charge >= 0.3 is 0 Å². The van der Waals surface area contributed by atoms with E-state index in [-0.39, 0.29) is 11.2 Å². The van der Waals surface area contributed by atoms with Crippen molar-refractivity contribution in [3.63, 3.8) is 0 Å². The van der Waals surface area contributed by atoms with E-state index in [1.165, 1.54) is 0 Å². The van der Waals surface area contributed by atoms with Gasteiger partial charge in [0.2, 0.25) is 11.2 Å². The molecular formula is C11H15ClN6O. The topological polar surface area (TPSA) is 86.8 Å². The first-order valence-corrected chi connectivity index (χ1v) is 6.28. The number of aromatic amines is 1. The van der Waals surface area contributed by atoms with Gasteiger partial charge in [0.25, 0.3) is 0 Å². The number of nitrogens with zero attached hydrogens (tertiary/aromatic N) is 4. The fourth-order valence-electron chi connectivity index (χ4n) is 1.67. The van der Waals surface area contributed by atoms with Gasteiger partial charge in [-0.2, -0.15) is 15.1 Å². The van der Waals surface area contributed by atoms with Gasteiger partial charge in [0.15, 0.2) is 5.65 Å². The number of amides is 1. The SMILES string of the molecule is CCN(C)C(=O)C(C)Nc1nc(Cl)nc2[nH]ncc12. The van der Waals surface area contributed by atoms with E-state index in [4.69, 9.17) is 11.6 Å². The summed E-state index contributed by atoms with van der Waals surface area (Å²) in [6.07, 6.45) is 1.59. The monoisotopic (exact) mass is 282 g/mol. The number of rotatable bonds is 4. The summed E-state index contributed by atoms with van der Waals surface area (Å²) < 4.78 is 0. The van der Waals surface area contributed by atoms with E-state index >= 15 is 0 Å². The van der Waals surface area contributed by atoms with Crippen LogP contribution in [-0.4, -0.2) is 50.6 Å². The van der Waals surface area contributed by atoms with Crippen LogP contribution in [0.15, 0.2) is 6.20 Å². The first kappa shape index (κ1) is 13.5. The molecule has 102 valence electrons. The number of anilines is 1. The second kappa shape index (κ2) is 5.40. The first-order valence-electron chi connectivity index (χ1n) is 5.91. The number of nitrogens with one attached hydrogen (secondary N) is 2. The molecule has 0 fully saturated rings. The summed E-state index contributed by atoms with van der Waals surface area (Å²) in [6.45, 7) is 4.34. The molecule has 0 bridgehead atoms. The molecule has 1 amide bonds. The van der Waals surface area contributed by atoms with Crippen LogP contribution in [0.2, 0.25) is 5.28 Å². The maximum atomic E-state index is 12.0. The summed E-state index contributed by atoms with van der Waals surface area (Å²) in [5.74, 6) is 0.475. The van der Waals surface area contributed by atoms with Gasteiger partial charge in [0.05, 0.1) is 11.6 Å². The van der Waals surface area contributed by atoms with Crippen molar-refractivity contribution in [3.05, 3.63) is 11.5 Å². The molecular weight excluding hydrogens is 268 g/mol. The Bertz CT molecular complexity index is 598. The third-order valence-electron chi connectivity index (χ3n) is 2.86. The third kappa shape index (κ3) is 2.76. The smallest absolute Gasteiger partial charge is 0.244 e. The fraction of sp³-hybridized carbons (Fsp3) is 0.455. The molecule has 0 saturated heterocycles. The largest absolute Gasteiger partial charge is 0.358 e. The molecule has 2 N–H and O–H groups in total. The highest BCUT2D eigenvalue weighted by Crippen LogP contribution is 2.20. The molecule has 8 heteroatoms. The molecule has 1 unspecified atom stereocenters. The Morgan fingerprint density at radius 1 is 1.58 bits per heavy atom. The third-order valence-corrected chi connectivity index (χ3v) is 3.03. The van der Waals surface area contributed by atoms with E-state index in [0.29, 0.717) is 23.4 Å². The van der Waals surface area contributed by atoms with Gasteiger partial charge in [-0.15, -0.1) is 0 Å². The summed E-state index contributed by atoms with van der Waals surface area (Å²) in [5, 5.41) is 10.4. The number of hydrogen-bond donors (Lipinski definition) is 2. The highest BCUT2D eigenvalue weighted by Gasteiger charge is 2.18. The first-order chi connectivity index (χ1) is 9.02. The number of carbonyl (C=O) groups excluding carboxylic acids is 1. The average molecular weight is 283 g/mol. The molecule has 0 aliphatic carbocycles. The van der Waals surface area contributed by atoms with Gasteiger partial charge in [-0.3, -0.25) is 9.89 Å². The van der Waals surface area contributed by atoms with Crippen molar-refractivity contribution in [2.75, 3.05) is 18.9 Å². The fourth-order valence-corrected chi connectivity index (χ4v) is 1.84. The minimum atomic E-state index is -0.408. The minimum absolute atomic E-state index is 0.0196. The van der Waals surface area contributed by atoms with Crippen molar-refractivity contribution >= 4 is 34.4 Å². The lowest BCUT2D eigenvalue weighted by atomic mass is 10.2. The predicted octanol–water partition coefficient (Wildman–Crippen LogP) is 1.28. The van der Waals surface area contributed by atoms with Gasteiger partial charge in [0, 0.05) is 13.6 Å². The molecule has 19 heavy (non-hydrogen) atoms. The predicted molar refractivity (Wildman–Crippen MR) is 73.1 cm³/mol. The summed E-state index contributed by atoms with van der Waals surface area (Å²) >= 11 is 5.83. The molecule has 0 aromatic carbocycles. The van der Waals surface area contributed by atoms with Crippen molar-refractivity contribution in [1.82, 2.24) is 25.1 Å². The Kier molecular flexibility index (Phi) is 3.84. The Morgan fingerprint density at radius 3 is 3.00 bits per heavy atom. The Hall–Kier alpha value is -1.89. The summed E-state index contributed by atoms with van der Waals surface area (Å²) in [7, 11) is 1.75. The van der Waals surface area contributed by atoms with Crippen molar-refractivity contribution < 1.29 is 4.79 Å². The van der Waals surface area contributed by atoms with Crippen LogP contribution in [0.3, 0.4) is 0 Å². The second-order valence-electron chi connectivity index (χ2n) is 4.19. The molecule has 0 aliphatic heterocycles. The molecule has 2 aromatic heterocycles. The number of likely N-dealkylation sites (N-methyl/N-ethyl adjacent to an activating group) is 1. The maximum Gasteiger partial charge on any atom is 0.244 e. The van der Waals surface area contributed by atoms with Crippen LogP contribution < -0.4 is 5.32 Å². The molecule has 0 radical (unpaired) electrons. The van der Waals surface area contributed by atoms with Crippen LogP contribution in [-0.2, 0) is 4.79 Å². The van der Waals surface area contributed by atoms with Crippen LogP contribution >= 0.6 is 11.6 Å². The quantitative estimate of drug-likeness (QED) is 0.825. The van der Waals surface area contributed by atoms with Crippen LogP contribution in [0.25, 0.3) is 11.0 Å². The van der Waals surface area contributed by atoms with Crippen LogP contribution in [0.1, 0.15) is 13.8 Å². The highest BCUT2D eigenvalue weighted by molar-refractivity contribution is 6.28. The summed E-state index contributed by atoms with van der Waals surface area (Å²) in [5.41, 5.74) is 0.533. The number of fused-ring (bicyclic) bond motifs is 1. The molecule has 2 rings (SSSR count). The molecule has 7 nitrogen and oxygen atoms in total. The van der Waals surface area contributed by atoms with E-state index in [1.54, 1.807) is 25.1 Å². The number of carbonyl (C=O) groups is 1. The van der Waals surface area contributed by atoms with E-state index in [1.807, 2.05) is 6.92 Å². The number of aromatic nitrogens is 4. The van der Waals surface area contributed by atoms with E-state index < -0.39 is 6.04 Å². The minimum Gasteiger partial charge on any atom is -0.358 e. The number of H-pyrrole nitrogens is 1. The van der Waals surface area contributed by atoms with E-state index in [2.05, 4.69) is 25.5 Å². The lowest BCUT2D eigenvalue weighted by molar-refractivity contribution is -0.130. The number of hydrogen-bond acceptors (Lipinski definition) is 5. The van der Waals surface area contributed by atoms with Gasteiger partial charge in [0.1, 0.15) is 11.9 Å². The summed E-state index contributed by atoms with van der Waals surface area (Å²) in [4.78, 5) is 21.7. The standard InChI is InChI=1S/C11H15ClN6O/c1-4-18(3)10(19)6(2)14-8-7-5-13-17-9(7)16-11(12)15-8/h5-6H,4H2,1-3H3,(H2,13,14,15,16,17). The second-order valence-corrected chi connectivity index (χ2v) is 4.53. The van der Waals surface area contributed by atoms with Crippen LogP contribution in [0.5, 0.6) is 0 Å². The molecule has 2 aromatic rings. The Balaban J connectivity index is 2.26. The normalized spacial score (nSPS) is 12.4. The van der Waals surface area contributed by atoms with Gasteiger partial charge in [-0.05, 0) is 25.4 Å². The lowest BCUT2D eigenvalue weighted by Crippen LogP contribution is -2.39. The maximum absolute atomic E-state index is 12.0. The van der Waals surface area contributed by atoms with Crippen molar-refractivity contribution in [2.45, 2.75) is 19.9 Å². The van der Waals surface area contributed by atoms with Crippen LogP contribution in [0, 0.1) is 0 Å². The number of halogens is 1. The van der Waals surface area contributed by atoms with E-state index in [0.717, 1.165) is 0 Å². The highest BCUT2D eigenvalue weighted by atomic mass is 35.5. The average Bonchev–Trinajstić information content (AvgIpc) is 2.84. The zero-order valence-electron chi connectivity index (χ0n) is 10.9. The zero-order valence-corrected chi connectivity index (χ0v) is 11.7. The molecule has 0 saturated carbocycles. The lowest BCUT2D eigenvalue weighted by Gasteiger charge is -2.21. The van der Waals surface area contributed by atoms with E-state index in [9.17, 15) is 4.79 Å².